The molecule has 4 aromatic carbocycles. The van der Waals surface area contributed by atoms with E-state index in [0.717, 1.165) is 28.2 Å². The summed E-state index contributed by atoms with van der Waals surface area (Å²) in [4.78, 5) is 58.2. The Hall–Kier alpha value is -7.87. The summed E-state index contributed by atoms with van der Waals surface area (Å²) in [5.41, 5.74) is 5.15. The van der Waals surface area contributed by atoms with E-state index >= 15 is 0 Å². The molecule has 0 radical (unpaired) electrons. The first-order valence-electron chi connectivity index (χ1n) is 27.3. The van der Waals surface area contributed by atoms with Gasteiger partial charge in [-0.25, -0.2) is 14.2 Å². The predicted octanol–water partition coefficient (Wildman–Crippen LogP) is 6.97. The van der Waals surface area contributed by atoms with Gasteiger partial charge < -0.3 is 35.1 Å². The summed E-state index contributed by atoms with van der Waals surface area (Å²) >= 11 is 0. The lowest BCUT2D eigenvalue weighted by atomic mass is 9.81. The SMILES string of the molecule is CC[N+]1=C(/C=C/C=C/C=C2/N(CCCCCC(=O)NCCOCCOCCNC(=O)CCC(=O)Nc3nc4ccccc4n4c(=O)n(-c5ccc(OC)cc5)nc34)c3cc(S(=O)(=O)O)ccc3C2(C)C)C(C)(C)c2cc(S(=O)(=O)O)ccc21. The number of hydrogen-bond acceptors (Lipinski definition) is 14. The minimum Gasteiger partial charge on any atom is -0.497 e. The minimum atomic E-state index is -4.47. The van der Waals surface area contributed by atoms with Gasteiger partial charge in [0.25, 0.3) is 20.2 Å². The standard InChI is InChI=1S/C59H69N9O13S2/c1-7-65-47-28-26-42(82(73,74)75)38-45(47)59(4,5)50(65)18-10-8-11-19-51-58(2,3)44-27-25-43(83(76,77)78)39-49(44)66(51)33-15-9-12-20-52(69)60-31-34-80-36-37-81-35-32-61-53(70)29-30-54(71)63-55-56-64-68(40-21-23-41(79-6)24-22-40)57(72)67(56)48-17-14-13-16-46(48)62-55/h8,10-11,13-14,16-19,21-28,38-39H,7,9,12,15,20,29-37H2,1-6H3,(H4-,60,61,62,63,69,70,71,73,74,75,76,77,78)/p+1. The number of nitrogens with one attached hydrogen (secondary N) is 3. The van der Waals surface area contributed by atoms with E-state index in [1.165, 1.54) is 33.3 Å². The summed E-state index contributed by atoms with van der Waals surface area (Å²) in [5.74, 6) is -0.272. The molecule has 0 aliphatic carbocycles. The maximum absolute atomic E-state index is 13.6. The molecule has 24 heteroatoms. The van der Waals surface area contributed by atoms with Gasteiger partial charge in [-0.15, -0.1) is 5.10 Å². The zero-order valence-electron chi connectivity index (χ0n) is 47.3. The number of hydrogen-bond donors (Lipinski definition) is 5. The van der Waals surface area contributed by atoms with E-state index in [0.29, 0.717) is 73.5 Å². The molecule has 0 bridgehead atoms. The van der Waals surface area contributed by atoms with Crippen LogP contribution < -0.4 is 31.3 Å². The van der Waals surface area contributed by atoms with Crippen molar-refractivity contribution >= 4 is 77.5 Å². The summed E-state index contributed by atoms with van der Waals surface area (Å²) in [6, 6.07) is 23.1. The van der Waals surface area contributed by atoms with Crippen LogP contribution in [0.3, 0.4) is 0 Å². The lowest BCUT2D eigenvalue weighted by molar-refractivity contribution is -0.433. The lowest BCUT2D eigenvalue weighted by Crippen LogP contribution is -2.29. The molecule has 2 aliphatic heterocycles. The number of amides is 3. The van der Waals surface area contributed by atoms with Crippen LogP contribution >= 0.6 is 0 Å². The van der Waals surface area contributed by atoms with Crippen molar-refractivity contribution in [3.05, 3.63) is 143 Å². The van der Waals surface area contributed by atoms with Gasteiger partial charge in [0, 0.05) is 73.4 Å². The molecular weight excluding hydrogens is 1110 g/mol. The molecular formula is C59H70N9O13S2+. The third-order valence-corrected chi connectivity index (χ3v) is 16.4. The second-order valence-electron chi connectivity index (χ2n) is 20.9. The fourth-order valence-electron chi connectivity index (χ4n) is 10.4. The number of benzene rings is 4. The average Bonchev–Trinajstić information content (AvgIpc) is 2.97. The minimum absolute atomic E-state index is 0.0753. The first-order chi connectivity index (χ1) is 39.5. The van der Waals surface area contributed by atoms with Crippen molar-refractivity contribution in [1.29, 1.82) is 0 Å². The van der Waals surface area contributed by atoms with Crippen LogP contribution in [0.15, 0.2) is 136 Å². The molecule has 83 heavy (non-hydrogen) atoms. The Morgan fingerprint density at radius 1 is 0.723 bits per heavy atom. The Balaban J connectivity index is 0.726. The van der Waals surface area contributed by atoms with E-state index in [1.807, 2.05) is 51.2 Å². The number of para-hydroxylation sites is 2. The van der Waals surface area contributed by atoms with Crippen LogP contribution in [0.5, 0.6) is 5.75 Å². The van der Waals surface area contributed by atoms with Gasteiger partial charge >= 0.3 is 5.69 Å². The third kappa shape index (κ3) is 14.1. The van der Waals surface area contributed by atoms with E-state index in [1.54, 1.807) is 67.8 Å². The van der Waals surface area contributed by atoms with Crippen LogP contribution in [0, 0.1) is 0 Å². The topological polar surface area (TPSA) is 282 Å². The second kappa shape index (κ2) is 26.1. The summed E-state index contributed by atoms with van der Waals surface area (Å²) in [5, 5.41) is 12.8. The molecule has 0 atom stereocenters. The molecule has 8 rings (SSSR count). The Morgan fingerprint density at radius 2 is 1.37 bits per heavy atom. The maximum atomic E-state index is 13.6. The third-order valence-electron chi connectivity index (χ3n) is 14.7. The molecule has 22 nitrogen and oxygen atoms in total. The normalized spacial score (nSPS) is 15.2. The van der Waals surface area contributed by atoms with Gasteiger partial charge in [0.1, 0.15) is 12.3 Å². The smallest absolute Gasteiger partial charge is 0.355 e. The molecule has 0 spiro atoms. The Morgan fingerprint density at radius 3 is 2.05 bits per heavy atom. The molecule has 0 fully saturated rings. The number of rotatable bonds is 27. The monoisotopic (exact) mass is 1180 g/mol. The number of nitrogens with zero attached hydrogens (tertiary/aromatic N) is 6. The molecule has 0 saturated carbocycles. The van der Waals surface area contributed by atoms with Crippen molar-refractivity contribution in [2.45, 2.75) is 93.8 Å². The quantitative estimate of drug-likeness (QED) is 0.0151. The van der Waals surface area contributed by atoms with Crippen LogP contribution in [0.1, 0.15) is 84.3 Å². The first-order valence-corrected chi connectivity index (χ1v) is 30.2. The zero-order chi connectivity index (χ0) is 59.7. The number of carbonyl (C=O) groups is 3. The molecule has 440 valence electrons. The Kier molecular flexibility index (Phi) is 19.3. The van der Waals surface area contributed by atoms with Crippen LogP contribution in [0.2, 0.25) is 0 Å². The van der Waals surface area contributed by atoms with Gasteiger partial charge in [0.05, 0.1) is 65.5 Å². The Bertz CT molecular complexity index is 3850. The zero-order valence-corrected chi connectivity index (χ0v) is 48.9. The highest BCUT2D eigenvalue weighted by Crippen LogP contribution is 2.49. The van der Waals surface area contributed by atoms with Gasteiger partial charge in [-0.2, -0.15) is 26.1 Å². The van der Waals surface area contributed by atoms with Crippen molar-refractivity contribution in [2.75, 3.05) is 69.9 Å². The molecule has 4 heterocycles. The molecule has 0 saturated heterocycles. The van der Waals surface area contributed by atoms with Gasteiger partial charge in [0.2, 0.25) is 29.1 Å². The Labute approximate surface area is 482 Å². The largest absolute Gasteiger partial charge is 0.497 e. The number of ether oxygens (including phenoxy) is 3. The highest BCUT2D eigenvalue weighted by molar-refractivity contribution is 7.86. The highest BCUT2D eigenvalue weighted by Gasteiger charge is 2.45. The van der Waals surface area contributed by atoms with E-state index in [4.69, 9.17) is 14.2 Å². The molecule has 2 aromatic heterocycles. The number of unbranched alkanes of at least 4 members (excludes halogenated alkanes) is 2. The second-order valence-corrected chi connectivity index (χ2v) is 23.8. The van der Waals surface area contributed by atoms with Crippen LogP contribution in [-0.4, -0.2) is 133 Å². The number of allylic oxidation sites excluding steroid dienone is 6. The molecule has 3 amide bonds. The van der Waals surface area contributed by atoms with E-state index in [9.17, 15) is 45.1 Å². The summed E-state index contributed by atoms with van der Waals surface area (Å²) in [7, 11) is -7.31. The number of carbonyl (C=O) groups excluding carboxylic acids is 3. The van der Waals surface area contributed by atoms with Crippen molar-refractivity contribution in [3.63, 3.8) is 0 Å². The molecule has 2 aliphatic rings. The molecule has 6 aromatic rings. The van der Waals surface area contributed by atoms with Crippen molar-refractivity contribution in [3.8, 4) is 11.4 Å². The van der Waals surface area contributed by atoms with Gasteiger partial charge in [-0.3, -0.25) is 23.5 Å². The van der Waals surface area contributed by atoms with Gasteiger partial charge in [-0.1, -0.05) is 56.7 Å². The number of fused-ring (bicyclic) bond motifs is 5. The summed E-state index contributed by atoms with van der Waals surface area (Å²) < 4.78 is 89.2. The van der Waals surface area contributed by atoms with E-state index in [-0.39, 0.29) is 78.9 Å². The molecule has 5 N–H and O–H groups in total. The number of methoxy groups -OCH3 is 1. The van der Waals surface area contributed by atoms with Crippen LogP contribution in [0.4, 0.5) is 17.2 Å². The average molecular weight is 1180 g/mol. The summed E-state index contributed by atoms with van der Waals surface area (Å²) in [6.07, 6.45) is 11.7. The lowest BCUT2D eigenvalue weighted by Gasteiger charge is -2.27. The predicted molar refractivity (Wildman–Crippen MR) is 314 cm³/mol. The number of aromatic nitrogens is 4. The van der Waals surface area contributed by atoms with Crippen molar-refractivity contribution in [2.24, 2.45) is 0 Å². The van der Waals surface area contributed by atoms with Gasteiger partial charge in [-0.05, 0) is 106 Å². The van der Waals surface area contributed by atoms with Crippen LogP contribution in [-0.2, 0) is 54.9 Å². The highest BCUT2D eigenvalue weighted by atomic mass is 32.2. The van der Waals surface area contributed by atoms with Crippen molar-refractivity contribution in [1.82, 2.24) is 29.8 Å². The summed E-state index contributed by atoms with van der Waals surface area (Å²) in [6.45, 7) is 12.8. The van der Waals surface area contributed by atoms with E-state index in [2.05, 4.69) is 49.4 Å². The van der Waals surface area contributed by atoms with Crippen molar-refractivity contribution < 1.29 is 59.1 Å². The fourth-order valence-corrected chi connectivity index (χ4v) is 11.4. The maximum Gasteiger partial charge on any atom is 0.355 e. The molecule has 0 unspecified atom stereocenters. The number of anilines is 2. The van der Waals surface area contributed by atoms with E-state index < -0.39 is 42.7 Å². The van der Waals surface area contributed by atoms with Crippen LogP contribution in [0.25, 0.3) is 22.4 Å². The van der Waals surface area contributed by atoms with Gasteiger partial charge in [0.15, 0.2) is 11.5 Å². The first kappa shape index (κ1) is 61.2. The fraction of sp³-hybridized carbons (Fsp3) is 0.373.